The molecule has 2 aliphatic rings. The normalized spacial score (nSPS) is 19.4. The number of nitrogens with one attached hydrogen (secondary N) is 1. The number of carbonyl (C=O) groups excluding carboxylic acids is 2. The summed E-state index contributed by atoms with van der Waals surface area (Å²) in [6.45, 7) is 1.63. The molecule has 0 fully saturated rings. The molecule has 2 aliphatic heterocycles. The zero-order chi connectivity index (χ0) is 30.1. The molecular formula is C30H29ClF2N8O2. The highest BCUT2D eigenvalue weighted by Crippen LogP contribution is 2.37. The van der Waals surface area contributed by atoms with Gasteiger partial charge in [0.05, 0.1) is 47.4 Å². The molecule has 0 unspecified atom stereocenters. The molecule has 2 amide bonds. The fourth-order valence-corrected chi connectivity index (χ4v) is 5.95. The highest BCUT2D eigenvalue weighted by atomic mass is 35.5. The van der Waals surface area contributed by atoms with E-state index in [-0.39, 0.29) is 23.8 Å². The Labute approximate surface area is 251 Å². The molecule has 1 aromatic carbocycles. The van der Waals surface area contributed by atoms with Gasteiger partial charge in [0.2, 0.25) is 11.8 Å². The molecule has 0 aliphatic carbocycles. The second kappa shape index (κ2) is 12.0. The van der Waals surface area contributed by atoms with Gasteiger partial charge in [-0.15, -0.1) is 5.10 Å². The second-order valence-corrected chi connectivity index (χ2v) is 11.2. The molecule has 2 bridgehead atoms. The molecular weight excluding hydrogens is 578 g/mol. The predicted molar refractivity (Wildman–Crippen MR) is 157 cm³/mol. The number of benzene rings is 1. The van der Waals surface area contributed by atoms with Crippen LogP contribution in [0.4, 0.5) is 14.5 Å². The number of carbonyl (C=O) groups is 2. The molecule has 3 aromatic heterocycles. The van der Waals surface area contributed by atoms with Gasteiger partial charge in [0.15, 0.2) is 0 Å². The van der Waals surface area contributed by atoms with Crippen molar-refractivity contribution in [2.45, 2.75) is 51.6 Å². The maximum Gasteiger partial charge on any atom is 0.257 e. The molecule has 43 heavy (non-hydrogen) atoms. The largest absolute Gasteiger partial charge is 0.330 e. The molecule has 0 saturated carbocycles. The van der Waals surface area contributed by atoms with E-state index in [0.29, 0.717) is 59.9 Å². The topological polar surface area (TPSA) is 111 Å². The maximum atomic E-state index is 13.8. The number of pyridine rings is 1. The van der Waals surface area contributed by atoms with Crippen LogP contribution in [-0.2, 0) is 16.1 Å². The third-order valence-electron chi connectivity index (χ3n) is 7.92. The molecule has 0 spiro atoms. The minimum absolute atomic E-state index is 0.177. The Morgan fingerprint density at radius 1 is 1.14 bits per heavy atom. The lowest BCUT2D eigenvalue weighted by atomic mass is 9.93. The van der Waals surface area contributed by atoms with E-state index in [1.54, 1.807) is 52.4 Å². The molecule has 10 nitrogen and oxygen atoms in total. The van der Waals surface area contributed by atoms with E-state index < -0.39 is 13.0 Å². The van der Waals surface area contributed by atoms with Crippen molar-refractivity contribution in [3.05, 3.63) is 77.5 Å². The number of anilines is 1. The average molecular weight is 607 g/mol. The summed E-state index contributed by atoms with van der Waals surface area (Å²) in [4.78, 5) is 33.2. The summed E-state index contributed by atoms with van der Waals surface area (Å²) in [5.41, 5.74) is 4.34. The van der Waals surface area contributed by atoms with Crippen molar-refractivity contribution >= 4 is 34.7 Å². The minimum atomic E-state index is -2.63. The van der Waals surface area contributed by atoms with Gasteiger partial charge in [-0.05, 0) is 55.2 Å². The van der Waals surface area contributed by atoms with E-state index in [0.717, 1.165) is 16.8 Å². The second-order valence-electron chi connectivity index (χ2n) is 10.7. The summed E-state index contributed by atoms with van der Waals surface area (Å²) < 4.78 is 29.7. The van der Waals surface area contributed by atoms with Crippen molar-refractivity contribution in [3.8, 4) is 16.9 Å². The Morgan fingerprint density at radius 2 is 2.00 bits per heavy atom. The van der Waals surface area contributed by atoms with Gasteiger partial charge in [-0.1, -0.05) is 30.2 Å². The van der Waals surface area contributed by atoms with Crippen molar-refractivity contribution < 1.29 is 18.4 Å². The van der Waals surface area contributed by atoms with E-state index in [4.69, 9.17) is 11.6 Å². The zero-order valence-corrected chi connectivity index (χ0v) is 24.1. The van der Waals surface area contributed by atoms with Gasteiger partial charge < -0.3 is 10.2 Å². The molecule has 2 atom stereocenters. The Balaban J connectivity index is 1.37. The highest BCUT2D eigenvalue weighted by molar-refractivity contribution is 6.30. The smallest absolute Gasteiger partial charge is 0.257 e. The molecule has 5 heterocycles. The van der Waals surface area contributed by atoms with Crippen LogP contribution in [0.2, 0.25) is 5.02 Å². The lowest BCUT2D eigenvalue weighted by molar-refractivity contribution is -0.129. The molecule has 0 radical (unpaired) electrons. The number of rotatable bonds is 5. The van der Waals surface area contributed by atoms with Crippen LogP contribution in [0.3, 0.4) is 0 Å². The van der Waals surface area contributed by atoms with Gasteiger partial charge in [-0.25, -0.2) is 13.5 Å². The van der Waals surface area contributed by atoms with Gasteiger partial charge in [0.1, 0.15) is 6.54 Å². The molecule has 1 N–H and O–H groups in total. The summed E-state index contributed by atoms with van der Waals surface area (Å²) in [6, 6.07) is 8.55. The standard InChI is InChI=1S/C30H29ClF2N8O2/c1-18-3-2-4-26(23-13-20(7-9-34-23)29-24(37-30(18)43)16-36-41(29)17-27(32)33)39-11-8-19(14-28(39)42)22-15-21(31)5-6-25(22)40-12-10-35-38-40/h5-7,9-10,12-16,18,26-27H,2-4,8,11,17H2,1H3,(H,37,43)/t18-,26+/m1/s1. The van der Waals surface area contributed by atoms with Gasteiger partial charge in [0.25, 0.3) is 6.43 Å². The van der Waals surface area contributed by atoms with Gasteiger partial charge in [-0.2, -0.15) is 5.10 Å². The Hall–Kier alpha value is -4.45. The molecule has 4 aromatic rings. The van der Waals surface area contributed by atoms with Crippen LogP contribution in [0.5, 0.6) is 0 Å². The molecule has 13 heteroatoms. The fraction of sp³-hybridized carbons (Fsp3) is 0.333. The lowest BCUT2D eigenvalue weighted by Gasteiger charge is -2.34. The number of halogens is 3. The van der Waals surface area contributed by atoms with Crippen LogP contribution in [0, 0.1) is 5.92 Å². The van der Waals surface area contributed by atoms with E-state index >= 15 is 0 Å². The van der Waals surface area contributed by atoms with Gasteiger partial charge >= 0.3 is 0 Å². The number of hydrogen-bond donors (Lipinski definition) is 1. The first-order chi connectivity index (χ1) is 20.8. The minimum Gasteiger partial charge on any atom is -0.330 e. The average Bonchev–Trinajstić information content (AvgIpc) is 3.65. The first-order valence-electron chi connectivity index (χ1n) is 14.1. The Kier molecular flexibility index (Phi) is 8.02. The van der Waals surface area contributed by atoms with Crippen LogP contribution in [-0.4, -0.2) is 59.4 Å². The van der Waals surface area contributed by atoms with Crippen LogP contribution < -0.4 is 5.32 Å². The summed E-state index contributed by atoms with van der Waals surface area (Å²) in [5, 5.41) is 15.6. The molecule has 6 rings (SSSR count). The maximum absolute atomic E-state index is 13.8. The first kappa shape index (κ1) is 28.7. The quantitative estimate of drug-likeness (QED) is 0.318. The predicted octanol–water partition coefficient (Wildman–Crippen LogP) is 5.56. The summed E-state index contributed by atoms with van der Waals surface area (Å²) in [6.07, 6.45) is 7.70. The third-order valence-corrected chi connectivity index (χ3v) is 8.15. The number of hydrogen-bond acceptors (Lipinski definition) is 6. The Morgan fingerprint density at radius 3 is 2.77 bits per heavy atom. The summed E-state index contributed by atoms with van der Waals surface area (Å²) in [5.74, 6) is -0.723. The van der Waals surface area contributed by atoms with Crippen molar-refractivity contribution in [1.82, 2.24) is 34.7 Å². The molecule has 222 valence electrons. The fourth-order valence-electron chi connectivity index (χ4n) is 5.78. The van der Waals surface area contributed by atoms with Crippen LogP contribution in [0.15, 0.2) is 61.2 Å². The highest BCUT2D eigenvalue weighted by Gasteiger charge is 2.31. The van der Waals surface area contributed by atoms with E-state index in [2.05, 4.69) is 25.7 Å². The van der Waals surface area contributed by atoms with Crippen LogP contribution >= 0.6 is 11.6 Å². The number of fused-ring (bicyclic) bond motifs is 4. The summed E-state index contributed by atoms with van der Waals surface area (Å²) in [7, 11) is 0. The van der Waals surface area contributed by atoms with E-state index in [9.17, 15) is 18.4 Å². The number of amides is 2. The van der Waals surface area contributed by atoms with Crippen LogP contribution in [0.25, 0.3) is 22.5 Å². The van der Waals surface area contributed by atoms with Crippen molar-refractivity contribution in [3.63, 3.8) is 0 Å². The number of nitrogens with zero attached hydrogens (tertiary/aromatic N) is 7. The van der Waals surface area contributed by atoms with E-state index in [1.165, 1.54) is 10.9 Å². The number of aromatic nitrogens is 6. The van der Waals surface area contributed by atoms with Crippen molar-refractivity contribution in [2.75, 3.05) is 11.9 Å². The lowest BCUT2D eigenvalue weighted by Crippen LogP contribution is -2.38. The Bertz CT molecular complexity index is 1690. The first-order valence-corrected chi connectivity index (χ1v) is 14.4. The van der Waals surface area contributed by atoms with E-state index in [1.807, 2.05) is 19.1 Å². The monoisotopic (exact) mass is 606 g/mol. The SMILES string of the molecule is C[C@@H]1CCC[C@H](N2CCC(c3cc(Cl)ccc3-n3ccnn3)=CC2=O)c2cc(ccn2)-c2c(cnn2CC(F)F)NC1=O. The van der Waals surface area contributed by atoms with Gasteiger partial charge in [0, 0.05) is 40.9 Å². The van der Waals surface area contributed by atoms with Crippen LogP contribution in [0.1, 0.15) is 49.9 Å². The number of alkyl halides is 2. The third kappa shape index (κ3) is 5.92. The molecule has 0 saturated heterocycles. The van der Waals surface area contributed by atoms with Gasteiger partial charge in [-0.3, -0.25) is 19.3 Å². The van der Waals surface area contributed by atoms with Crippen molar-refractivity contribution in [1.29, 1.82) is 0 Å². The van der Waals surface area contributed by atoms with Crippen molar-refractivity contribution in [2.24, 2.45) is 5.92 Å². The zero-order valence-electron chi connectivity index (χ0n) is 23.3. The summed E-state index contributed by atoms with van der Waals surface area (Å²) >= 11 is 6.35.